The Balaban J connectivity index is 1.50. The number of aromatic nitrogens is 1. The van der Waals surface area contributed by atoms with E-state index in [1.807, 2.05) is 34.7 Å². The van der Waals surface area contributed by atoms with E-state index in [0.29, 0.717) is 18.1 Å². The predicted molar refractivity (Wildman–Crippen MR) is 118 cm³/mol. The van der Waals surface area contributed by atoms with Crippen LogP contribution in [-0.2, 0) is 11.3 Å². The first kappa shape index (κ1) is 21.3. The van der Waals surface area contributed by atoms with Gasteiger partial charge in [0.1, 0.15) is 12.4 Å². The average Bonchev–Trinajstić information content (AvgIpc) is 3.28. The van der Waals surface area contributed by atoms with E-state index < -0.39 is 0 Å². The summed E-state index contributed by atoms with van der Waals surface area (Å²) in [7, 11) is 1.80. The van der Waals surface area contributed by atoms with Crippen LogP contribution in [-0.4, -0.2) is 66.7 Å². The zero-order valence-corrected chi connectivity index (χ0v) is 18.5. The maximum Gasteiger partial charge on any atom is 0.254 e. The molecule has 0 radical (unpaired) electrons. The molecule has 0 N–H and O–H groups in total. The Kier molecular flexibility index (Phi) is 7.36. The summed E-state index contributed by atoms with van der Waals surface area (Å²) in [5, 5.41) is 2.12. The lowest BCUT2D eigenvalue weighted by Gasteiger charge is -2.38. The van der Waals surface area contributed by atoms with Gasteiger partial charge in [0.25, 0.3) is 5.91 Å². The van der Waals surface area contributed by atoms with Crippen molar-refractivity contribution in [3.63, 3.8) is 0 Å². The van der Waals surface area contributed by atoms with Crippen LogP contribution < -0.4 is 4.74 Å². The van der Waals surface area contributed by atoms with E-state index in [-0.39, 0.29) is 12.0 Å². The Morgan fingerprint density at radius 1 is 1.23 bits per heavy atom. The van der Waals surface area contributed by atoms with Crippen molar-refractivity contribution in [3.05, 3.63) is 46.4 Å². The van der Waals surface area contributed by atoms with Crippen molar-refractivity contribution in [3.8, 4) is 5.75 Å². The summed E-state index contributed by atoms with van der Waals surface area (Å²) in [4.78, 5) is 22.0. The molecular weight excluding hydrogens is 398 g/mol. The Morgan fingerprint density at radius 2 is 2.17 bits per heavy atom. The molecule has 4 bridgehead atoms. The Labute approximate surface area is 182 Å². The lowest BCUT2D eigenvalue weighted by atomic mass is 9.89. The average molecular weight is 430 g/mol. The Morgan fingerprint density at radius 3 is 3.00 bits per heavy atom. The summed E-state index contributed by atoms with van der Waals surface area (Å²) in [5.74, 6) is 1.25. The first-order chi connectivity index (χ1) is 14.7. The van der Waals surface area contributed by atoms with E-state index in [4.69, 9.17) is 9.47 Å². The van der Waals surface area contributed by atoms with Gasteiger partial charge in [-0.3, -0.25) is 9.69 Å². The van der Waals surface area contributed by atoms with Gasteiger partial charge in [0.15, 0.2) is 0 Å². The number of ether oxygens (including phenoxy) is 2. The minimum absolute atomic E-state index is 0.0973. The first-order valence-corrected chi connectivity index (χ1v) is 11.8. The molecule has 0 unspecified atom stereocenters. The summed E-state index contributed by atoms with van der Waals surface area (Å²) in [6.45, 7) is 4.83. The van der Waals surface area contributed by atoms with Crippen LogP contribution >= 0.6 is 11.3 Å². The molecule has 3 heterocycles. The summed E-state index contributed by atoms with van der Waals surface area (Å²) in [6, 6.07) is 7.61. The van der Waals surface area contributed by atoms with Gasteiger partial charge in [0, 0.05) is 50.2 Å². The zero-order chi connectivity index (χ0) is 20.8. The molecule has 1 amide bonds. The number of hydrogen-bond donors (Lipinski definition) is 0. The van der Waals surface area contributed by atoms with Gasteiger partial charge in [-0.05, 0) is 44.0 Å². The molecular formula is C23H31N3O3S. The maximum atomic E-state index is 13.1. The molecule has 4 rings (SSSR count). The zero-order valence-electron chi connectivity index (χ0n) is 17.7. The second kappa shape index (κ2) is 10.4. The minimum atomic E-state index is 0.0973. The number of thiazole rings is 1. The monoisotopic (exact) mass is 429 g/mol. The molecule has 2 aliphatic rings. The fourth-order valence-corrected chi connectivity index (χ4v) is 5.08. The van der Waals surface area contributed by atoms with Gasteiger partial charge in [-0.25, -0.2) is 4.98 Å². The van der Waals surface area contributed by atoms with E-state index >= 15 is 0 Å². The molecule has 1 fully saturated rings. The molecule has 2 aromatic rings. The number of rotatable bonds is 3. The molecule has 0 aliphatic carbocycles. The standard InChI is InChI=1S/C23H31N3O3S/c1-28-22-8-10-26-14-19(22)5-2-3-9-25(15-20-16-30-17-24-20)11-12-29-21-7-4-6-18(13-21)23(26)27/h4,6-7,13,16-17,19,22H,2-3,5,8-12,14-15H2,1H3/t19-,22+/m1/s1. The molecule has 0 saturated carbocycles. The van der Waals surface area contributed by atoms with Crippen molar-refractivity contribution in [2.45, 2.75) is 38.3 Å². The third-order valence-electron chi connectivity index (χ3n) is 6.18. The number of piperidine rings is 1. The van der Waals surface area contributed by atoms with E-state index in [0.717, 1.165) is 69.9 Å². The summed E-state index contributed by atoms with van der Waals surface area (Å²) in [5.41, 5.74) is 3.71. The van der Waals surface area contributed by atoms with Gasteiger partial charge in [0.2, 0.25) is 0 Å². The van der Waals surface area contributed by atoms with Crippen LogP contribution in [0.15, 0.2) is 35.2 Å². The second-order valence-corrected chi connectivity index (χ2v) is 8.92. The normalized spacial score (nSPS) is 24.0. The van der Waals surface area contributed by atoms with Gasteiger partial charge in [-0.1, -0.05) is 12.5 Å². The van der Waals surface area contributed by atoms with Crippen LogP contribution in [0.2, 0.25) is 0 Å². The van der Waals surface area contributed by atoms with Crippen LogP contribution in [0, 0.1) is 5.92 Å². The Hall–Kier alpha value is -1.96. The van der Waals surface area contributed by atoms with E-state index in [1.165, 1.54) is 0 Å². The number of nitrogens with zero attached hydrogens (tertiary/aromatic N) is 3. The van der Waals surface area contributed by atoms with Gasteiger partial charge in [0.05, 0.1) is 17.3 Å². The summed E-state index contributed by atoms with van der Waals surface area (Å²) in [6.07, 6.45) is 4.49. The molecule has 1 saturated heterocycles. The lowest BCUT2D eigenvalue weighted by Crippen LogP contribution is -2.46. The quantitative estimate of drug-likeness (QED) is 0.745. The largest absolute Gasteiger partial charge is 0.492 e. The number of hydrogen-bond acceptors (Lipinski definition) is 6. The smallest absolute Gasteiger partial charge is 0.254 e. The topological polar surface area (TPSA) is 54.9 Å². The van der Waals surface area contributed by atoms with Gasteiger partial charge in [-0.2, -0.15) is 0 Å². The van der Waals surface area contributed by atoms with E-state index in [2.05, 4.69) is 15.3 Å². The SMILES string of the molecule is CO[C@H]1CCN2C[C@H]1CCCCN(Cc1cscn1)CCOc1cccc(c1)C2=O. The van der Waals surface area contributed by atoms with E-state index in [9.17, 15) is 4.79 Å². The van der Waals surface area contributed by atoms with Crippen molar-refractivity contribution in [1.29, 1.82) is 0 Å². The minimum Gasteiger partial charge on any atom is -0.492 e. The lowest BCUT2D eigenvalue weighted by molar-refractivity contribution is -0.00676. The molecule has 6 nitrogen and oxygen atoms in total. The third kappa shape index (κ3) is 5.39. The molecule has 1 aromatic heterocycles. The molecule has 2 atom stereocenters. The Bertz CT molecular complexity index is 814. The predicted octanol–water partition coefficient (Wildman–Crippen LogP) is 3.69. The highest BCUT2D eigenvalue weighted by molar-refractivity contribution is 7.07. The number of benzene rings is 1. The maximum absolute atomic E-state index is 13.1. The van der Waals surface area contributed by atoms with Crippen molar-refractivity contribution in [1.82, 2.24) is 14.8 Å². The van der Waals surface area contributed by atoms with E-state index in [1.54, 1.807) is 18.4 Å². The fourth-order valence-electron chi connectivity index (χ4n) is 4.53. The number of methoxy groups -OCH3 is 1. The van der Waals surface area contributed by atoms with Gasteiger partial charge >= 0.3 is 0 Å². The third-order valence-corrected chi connectivity index (χ3v) is 6.82. The summed E-state index contributed by atoms with van der Waals surface area (Å²) >= 11 is 1.64. The van der Waals surface area contributed by atoms with Crippen LogP contribution in [0.3, 0.4) is 0 Å². The fraction of sp³-hybridized carbons (Fsp3) is 0.565. The number of carbonyl (C=O) groups excluding carboxylic acids is 1. The number of fused-ring (bicyclic) bond motifs is 4. The van der Waals surface area contributed by atoms with Crippen LogP contribution in [0.4, 0.5) is 0 Å². The van der Waals surface area contributed by atoms with Crippen LogP contribution in [0.25, 0.3) is 0 Å². The molecule has 2 aliphatic heterocycles. The van der Waals surface area contributed by atoms with Crippen molar-refractivity contribution < 1.29 is 14.3 Å². The number of amides is 1. The summed E-state index contributed by atoms with van der Waals surface area (Å²) < 4.78 is 11.8. The van der Waals surface area contributed by atoms with Crippen molar-refractivity contribution in [2.75, 3.05) is 39.9 Å². The number of carbonyl (C=O) groups is 1. The van der Waals surface area contributed by atoms with Crippen molar-refractivity contribution in [2.24, 2.45) is 5.92 Å². The highest BCUT2D eigenvalue weighted by Crippen LogP contribution is 2.27. The highest BCUT2D eigenvalue weighted by Gasteiger charge is 2.31. The molecule has 1 aromatic carbocycles. The van der Waals surface area contributed by atoms with Crippen LogP contribution in [0.5, 0.6) is 5.75 Å². The molecule has 0 spiro atoms. The first-order valence-electron chi connectivity index (χ1n) is 10.9. The molecule has 30 heavy (non-hydrogen) atoms. The molecule has 7 heteroatoms. The van der Waals surface area contributed by atoms with Gasteiger partial charge < -0.3 is 14.4 Å². The van der Waals surface area contributed by atoms with Crippen LogP contribution in [0.1, 0.15) is 41.7 Å². The second-order valence-electron chi connectivity index (χ2n) is 8.20. The molecule has 162 valence electrons. The van der Waals surface area contributed by atoms with Gasteiger partial charge in [-0.15, -0.1) is 11.3 Å². The van der Waals surface area contributed by atoms with Crippen molar-refractivity contribution >= 4 is 17.2 Å². The highest BCUT2D eigenvalue weighted by atomic mass is 32.1.